The summed E-state index contributed by atoms with van der Waals surface area (Å²) >= 11 is 2.18. The van der Waals surface area contributed by atoms with Crippen molar-refractivity contribution in [1.29, 1.82) is 0 Å². The quantitative estimate of drug-likeness (QED) is 0.825. The summed E-state index contributed by atoms with van der Waals surface area (Å²) in [6.45, 7) is 2.41. The predicted octanol–water partition coefficient (Wildman–Crippen LogP) is 2.43. The molecule has 0 aliphatic heterocycles. The lowest BCUT2D eigenvalue weighted by molar-refractivity contribution is 0.154. The highest BCUT2D eigenvalue weighted by molar-refractivity contribution is 14.1. The molecule has 2 rings (SSSR count). The van der Waals surface area contributed by atoms with E-state index in [1.54, 1.807) is 12.4 Å². The normalized spacial score (nSPS) is 29.0. The van der Waals surface area contributed by atoms with E-state index in [2.05, 4.69) is 44.8 Å². The topological polar surface area (TPSA) is 58.0 Å². The first-order chi connectivity index (χ1) is 8.13. The lowest BCUT2D eigenvalue weighted by atomic mass is 9.77. The Kier molecular flexibility index (Phi) is 4.19. The Hall–Kier alpha value is -0.430. The van der Waals surface area contributed by atoms with E-state index in [-0.39, 0.29) is 12.1 Å². The van der Waals surface area contributed by atoms with E-state index in [0.717, 1.165) is 35.2 Å². The first kappa shape index (κ1) is 13.0. The molecule has 0 unspecified atom stereocenters. The molecule has 1 aromatic rings. The molecule has 94 valence electrons. The fraction of sp³-hybridized carbons (Fsp3) is 0.667. The minimum atomic E-state index is -0.223. The summed E-state index contributed by atoms with van der Waals surface area (Å²) in [4.78, 5) is 8.49. The van der Waals surface area contributed by atoms with Crippen LogP contribution in [0.1, 0.15) is 32.6 Å². The third-order valence-corrected chi connectivity index (χ3v) is 4.09. The highest BCUT2D eigenvalue weighted by atomic mass is 127. The number of nitrogens with one attached hydrogen (secondary N) is 1. The van der Waals surface area contributed by atoms with E-state index < -0.39 is 0 Å². The van der Waals surface area contributed by atoms with Crippen molar-refractivity contribution < 1.29 is 5.11 Å². The van der Waals surface area contributed by atoms with Gasteiger partial charge in [-0.05, 0) is 54.2 Å². The average Bonchev–Trinajstić information content (AvgIpc) is 2.35. The largest absolute Gasteiger partial charge is 0.394 e. The van der Waals surface area contributed by atoms with Gasteiger partial charge in [-0.25, -0.2) is 9.97 Å². The van der Waals surface area contributed by atoms with Crippen LogP contribution >= 0.6 is 22.6 Å². The maximum atomic E-state index is 9.62. The molecule has 1 aliphatic rings. The molecule has 0 bridgehead atoms. The zero-order valence-electron chi connectivity index (χ0n) is 9.99. The number of nitrogens with zero attached hydrogens (tertiary/aromatic N) is 2. The van der Waals surface area contributed by atoms with Crippen LogP contribution < -0.4 is 5.32 Å². The number of aliphatic hydroxyl groups is 1. The van der Waals surface area contributed by atoms with E-state index in [1.807, 2.05) is 0 Å². The molecule has 1 heterocycles. The van der Waals surface area contributed by atoms with E-state index in [4.69, 9.17) is 0 Å². The van der Waals surface area contributed by atoms with Gasteiger partial charge in [0.15, 0.2) is 0 Å². The molecule has 0 spiro atoms. The van der Waals surface area contributed by atoms with Crippen LogP contribution in [0.2, 0.25) is 0 Å². The molecular formula is C12H18IN3O. The van der Waals surface area contributed by atoms with Crippen LogP contribution in [0.4, 0.5) is 5.95 Å². The van der Waals surface area contributed by atoms with Gasteiger partial charge in [0.2, 0.25) is 5.95 Å². The van der Waals surface area contributed by atoms with Crippen LogP contribution in [0.15, 0.2) is 12.4 Å². The Morgan fingerprint density at radius 3 is 2.53 bits per heavy atom. The highest BCUT2D eigenvalue weighted by Gasteiger charge is 2.34. The Balaban J connectivity index is 2.06. The molecule has 2 N–H and O–H groups in total. The van der Waals surface area contributed by atoms with Crippen molar-refractivity contribution in [2.75, 3.05) is 11.9 Å². The third-order valence-electron chi connectivity index (χ3n) is 3.53. The summed E-state index contributed by atoms with van der Waals surface area (Å²) in [5.74, 6) is 1.38. The molecule has 4 nitrogen and oxygen atoms in total. The average molecular weight is 347 g/mol. The Morgan fingerprint density at radius 1 is 1.41 bits per heavy atom. The number of anilines is 1. The van der Waals surface area contributed by atoms with Crippen LogP contribution in [0, 0.1) is 9.49 Å². The molecule has 0 amide bonds. The molecular weight excluding hydrogens is 329 g/mol. The van der Waals surface area contributed by atoms with Gasteiger partial charge < -0.3 is 10.4 Å². The second-order valence-electron chi connectivity index (χ2n) is 4.97. The fourth-order valence-electron chi connectivity index (χ4n) is 2.25. The monoisotopic (exact) mass is 347 g/mol. The maximum absolute atomic E-state index is 9.62. The predicted molar refractivity (Wildman–Crippen MR) is 75.8 cm³/mol. The second-order valence-corrected chi connectivity index (χ2v) is 6.22. The van der Waals surface area contributed by atoms with Gasteiger partial charge in [-0.2, -0.15) is 0 Å². The summed E-state index contributed by atoms with van der Waals surface area (Å²) in [5.41, 5.74) is -0.223. The van der Waals surface area contributed by atoms with Crippen LogP contribution in [0.25, 0.3) is 0 Å². The molecule has 0 atom stereocenters. The Labute approximate surface area is 115 Å². The highest BCUT2D eigenvalue weighted by Crippen LogP contribution is 2.33. The maximum Gasteiger partial charge on any atom is 0.223 e. The first-order valence-electron chi connectivity index (χ1n) is 6.00. The number of aromatic nitrogens is 2. The van der Waals surface area contributed by atoms with E-state index in [9.17, 15) is 5.11 Å². The standard InChI is InChI=1S/C12H18IN3O/c1-9-2-4-12(8-17,5-3-9)16-11-14-6-10(13)7-15-11/h6-7,9,17H,2-5,8H2,1H3,(H,14,15,16). The zero-order chi connectivity index (χ0) is 12.3. The van der Waals surface area contributed by atoms with Gasteiger partial charge in [0.1, 0.15) is 0 Å². The number of hydrogen-bond donors (Lipinski definition) is 2. The summed E-state index contributed by atoms with van der Waals surface area (Å²) in [6.07, 6.45) is 7.84. The van der Waals surface area contributed by atoms with Gasteiger partial charge in [0.05, 0.1) is 12.1 Å². The summed E-state index contributed by atoms with van der Waals surface area (Å²) < 4.78 is 1.02. The summed E-state index contributed by atoms with van der Waals surface area (Å²) in [6, 6.07) is 0. The SMILES string of the molecule is CC1CCC(CO)(Nc2ncc(I)cn2)CC1. The van der Waals surface area contributed by atoms with Gasteiger partial charge in [-0.1, -0.05) is 6.92 Å². The van der Waals surface area contributed by atoms with Crippen LogP contribution in [-0.2, 0) is 0 Å². The van der Waals surface area contributed by atoms with Gasteiger partial charge in [-0.15, -0.1) is 0 Å². The van der Waals surface area contributed by atoms with Crippen molar-refractivity contribution in [3.05, 3.63) is 16.0 Å². The van der Waals surface area contributed by atoms with E-state index in [0.29, 0.717) is 5.95 Å². The number of hydrogen-bond acceptors (Lipinski definition) is 4. The van der Waals surface area contributed by atoms with Crippen molar-refractivity contribution in [1.82, 2.24) is 9.97 Å². The molecule has 1 saturated carbocycles. The lowest BCUT2D eigenvalue weighted by Crippen LogP contribution is -2.45. The minimum absolute atomic E-state index is 0.148. The van der Waals surface area contributed by atoms with Crippen molar-refractivity contribution >= 4 is 28.5 Å². The fourth-order valence-corrected chi connectivity index (χ4v) is 2.53. The molecule has 5 heteroatoms. The Morgan fingerprint density at radius 2 is 2.00 bits per heavy atom. The van der Waals surface area contributed by atoms with E-state index in [1.165, 1.54) is 0 Å². The number of halogens is 1. The molecule has 0 saturated heterocycles. The zero-order valence-corrected chi connectivity index (χ0v) is 12.1. The van der Waals surface area contributed by atoms with Gasteiger partial charge in [-0.3, -0.25) is 0 Å². The van der Waals surface area contributed by atoms with Gasteiger partial charge in [0, 0.05) is 16.0 Å². The third kappa shape index (κ3) is 3.28. The van der Waals surface area contributed by atoms with Gasteiger partial charge >= 0.3 is 0 Å². The van der Waals surface area contributed by atoms with Crippen molar-refractivity contribution in [2.24, 2.45) is 5.92 Å². The lowest BCUT2D eigenvalue weighted by Gasteiger charge is -2.38. The second kappa shape index (κ2) is 5.48. The van der Waals surface area contributed by atoms with E-state index >= 15 is 0 Å². The number of aliphatic hydroxyl groups excluding tert-OH is 1. The molecule has 1 fully saturated rings. The van der Waals surface area contributed by atoms with Crippen LogP contribution in [0.3, 0.4) is 0 Å². The Bertz CT molecular complexity index is 361. The van der Waals surface area contributed by atoms with Crippen molar-refractivity contribution in [2.45, 2.75) is 38.1 Å². The molecule has 0 radical (unpaired) electrons. The molecule has 1 aliphatic carbocycles. The van der Waals surface area contributed by atoms with Gasteiger partial charge in [0.25, 0.3) is 0 Å². The first-order valence-corrected chi connectivity index (χ1v) is 7.08. The van der Waals surface area contributed by atoms with Crippen molar-refractivity contribution in [3.63, 3.8) is 0 Å². The summed E-state index contributed by atoms with van der Waals surface area (Å²) in [5, 5.41) is 12.9. The molecule has 0 aromatic carbocycles. The summed E-state index contributed by atoms with van der Waals surface area (Å²) in [7, 11) is 0. The minimum Gasteiger partial charge on any atom is -0.394 e. The van der Waals surface area contributed by atoms with Crippen LogP contribution in [0.5, 0.6) is 0 Å². The van der Waals surface area contributed by atoms with Crippen molar-refractivity contribution in [3.8, 4) is 0 Å². The molecule has 17 heavy (non-hydrogen) atoms. The van der Waals surface area contributed by atoms with Crippen LogP contribution in [-0.4, -0.2) is 27.2 Å². The molecule has 1 aromatic heterocycles. The smallest absolute Gasteiger partial charge is 0.223 e. The number of rotatable bonds is 3.